The van der Waals surface area contributed by atoms with E-state index < -0.39 is 0 Å². The Kier molecular flexibility index (Phi) is 5.80. The molecule has 1 amide bonds. The minimum Gasteiger partial charge on any atom is -0.342 e. The molecule has 0 aromatic heterocycles. The molecule has 3 rings (SSSR count). The molecule has 2 heterocycles. The zero-order valence-electron chi connectivity index (χ0n) is 16.1. The fourth-order valence-corrected chi connectivity index (χ4v) is 3.73. The Morgan fingerprint density at radius 3 is 2.00 bits per heavy atom. The van der Waals surface area contributed by atoms with E-state index in [0.717, 1.165) is 45.8 Å². The third-order valence-corrected chi connectivity index (χ3v) is 5.51. The lowest BCUT2D eigenvalue weighted by Crippen LogP contribution is -2.49. The average molecular weight is 344 g/mol. The number of carbonyl (C=O) groups excluding carboxylic acids is 1. The molecule has 4 heteroatoms. The SMILES string of the molecule is CC(C)(C)c1ccc(CN2CCN(CC(=O)N3CCCC3)CC2)cc1. The summed E-state index contributed by atoms with van der Waals surface area (Å²) < 4.78 is 0. The van der Waals surface area contributed by atoms with Crippen molar-refractivity contribution >= 4 is 5.91 Å². The number of hydrogen-bond donors (Lipinski definition) is 0. The van der Waals surface area contributed by atoms with Gasteiger partial charge in [0.2, 0.25) is 5.91 Å². The van der Waals surface area contributed by atoms with Crippen LogP contribution in [0.5, 0.6) is 0 Å². The minimum absolute atomic E-state index is 0.214. The van der Waals surface area contributed by atoms with Gasteiger partial charge in [-0.25, -0.2) is 0 Å². The zero-order valence-corrected chi connectivity index (χ0v) is 16.1. The molecule has 0 unspecified atom stereocenters. The van der Waals surface area contributed by atoms with Crippen LogP contribution >= 0.6 is 0 Å². The number of nitrogens with zero attached hydrogens (tertiary/aromatic N) is 3. The molecule has 2 saturated heterocycles. The molecular formula is C21H33N3O. The maximum Gasteiger partial charge on any atom is 0.236 e. The van der Waals surface area contributed by atoms with Gasteiger partial charge in [0.1, 0.15) is 0 Å². The van der Waals surface area contributed by atoms with Gasteiger partial charge in [0.05, 0.1) is 6.54 Å². The van der Waals surface area contributed by atoms with Crippen molar-refractivity contribution in [3.05, 3.63) is 35.4 Å². The van der Waals surface area contributed by atoms with Crippen molar-refractivity contribution < 1.29 is 4.79 Å². The van der Waals surface area contributed by atoms with E-state index in [-0.39, 0.29) is 5.41 Å². The van der Waals surface area contributed by atoms with E-state index in [1.807, 2.05) is 4.90 Å². The molecule has 0 radical (unpaired) electrons. The molecule has 2 aliphatic heterocycles. The Morgan fingerprint density at radius 1 is 0.880 bits per heavy atom. The van der Waals surface area contributed by atoms with Gasteiger partial charge in [-0.2, -0.15) is 0 Å². The van der Waals surface area contributed by atoms with Gasteiger partial charge >= 0.3 is 0 Å². The summed E-state index contributed by atoms with van der Waals surface area (Å²) >= 11 is 0. The molecule has 138 valence electrons. The molecule has 0 saturated carbocycles. The highest BCUT2D eigenvalue weighted by atomic mass is 16.2. The van der Waals surface area contributed by atoms with Gasteiger partial charge in [-0.3, -0.25) is 14.6 Å². The van der Waals surface area contributed by atoms with E-state index in [2.05, 4.69) is 54.8 Å². The molecule has 2 aliphatic rings. The monoisotopic (exact) mass is 343 g/mol. The molecule has 25 heavy (non-hydrogen) atoms. The van der Waals surface area contributed by atoms with E-state index in [0.29, 0.717) is 12.5 Å². The highest BCUT2D eigenvalue weighted by Gasteiger charge is 2.23. The first-order valence-corrected chi connectivity index (χ1v) is 9.74. The fraction of sp³-hybridized carbons (Fsp3) is 0.667. The number of amides is 1. The summed E-state index contributed by atoms with van der Waals surface area (Å²) in [5, 5.41) is 0. The Morgan fingerprint density at radius 2 is 1.44 bits per heavy atom. The van der Waals surface area contributed by atoms with Crippen LogP contribution in [0.4, 0.5) is 0 Å². The maximum absolute atomic E-state index is 12.3. The molecular weight excluding hydrogens is 310 g/mol. The van der Waals surface area contributed by atoms with Gasteiger partial charge in [-0.1, -0.05) is 45.0 Å². The molecule has 0 atom stereocenters. The van der Waals surface area contributed by atoms with Crippen LogP contribution in [-0.2, 0) is 16.8 Å². The zero-order chi connectivity index (χ0) is 17.9. The second-order valence-corrected chi connectivity index (χ2v) is 8.59. The van der Waals surface area contributed by atoms with Gasteiger partial charge < -0.3 is 4.90 Å². The average Bonchev–Trinajstić information content (AvgIpc) is 3.11. The standard InChI is InChI=1S/C21H33N3O/c1-21(2,3)19-8-6-18(7-9-19)16-22-12-14-23(15-13-22)17-20(25)24-10-4-5-11-24/h6-9H,4-5,10-17H2,1-3H3. The van der Waals surface area contributed by atoms with Crippen molar-refractivity contribution in [2.45, 2.75) is 45.6 Å². The largest absolute Gasteiger partial charge is 0.342 e. The quantitative estimate of drug-likeness (QED) is 0.841. The van der Waals surface area contributed by atoms with E-state index >= 15 is 0 Å². The summed E-state index contributed by atoms with van der Waals surface area (Å²) in [5.41, 5.74) is 2.99. The van der Waals surface area contributed by atoms with Gasteiger partial charge in [-0.05, 0) is 29.4 Å². The predicted octanol–water partition coefficient (Wildman–Crippen LogP) is 2.72. The van der Waals surface area contributed by atoms with Crippen LogP contribution in [0.25, 0.3) is 0 Å². The van der Waals surface area contributed by atoms with Crippen molar-refractivity contribution in [3.8, 4) is 0 Å². The third-order valence-electron chi connectivity index (χ3n) is 5.51. The Bertz CT molecular complexity index is 562. The number of hydrogen-bond acceptors (Lipinski definition) is 3. The first-order valence-electron chi connectivity index (χ1n) is 9.74. The Hall–Kier alpha value is -1.39. The van der Waals surface area contributed by atoms with Gasteiger partial charge in [0.15, 0.2) is 0 Å². The number of rotatable bonds is 4. The lowest BCUT2D eigenvalue weighted by Gasteiger charge is -2.35. The summed E-state index contributed by atoms with van der Waals surface area (Å²) in [5.74, 6) is 0.323. The van der Waals surface area contributed by atoms with Crippen molar-refractivity contribution in [1.29, 1.82) is 0 Å². The van der Waals surface area contributed by atoms with E-state index in [1.165, 1.54) is 24.0 Å². The smallest absolute Gasteiger partial charge is 0.236 e. The highest BCUT2D eigenvalue weighted by Crippen LogP contribution is 2.22. The minimum atomic E-state index is 0.214. The summed E-state index contributed by atoms with van der Waals surface area (Å²) in [4.78, 5) is 19.1. The number of benzene rings is 1. The number of carbonyl (C=O) groups is 1. The van der Waals surface area contributed by atoms with E-state index in [9.17, 15) is 4.79 Å². The van der Waals surface area contributed by atoms with Crippen LogP contribution in [0.1, 0.15) is 44.7 Å². The molecule has 0 N–H and O–H groups in total. The predicted molar refractivity (Wildman–Crippen MR) is 103 cm³/mol. The van der Waals surface area contributed by atoms with Crippen molar-refractivity contribution in [2.24, 2.45) is 0 Å². The van der Waals surface area contributed by atoms with Crippen LogP contribution in [0.15, 0.2) is 24.3 Å². The summed E-state index contributed by atoms with van der Waals surface area (Å²) in [6, 6.07) is 9.06. The van der Waals surface area contributed by atoms with Crippen LogP contribution in [-0.4, -0.2) is 66.4 Å². The number of piperazine rings is 1. The van der Waals surface area contributed by atoms with E-state index in [1.54, 1.807) is 0 Å². The molecule has 1 aromatic carbocycles. The summed E-state index contributed by atoms with van der Waals surface area (Å²) in [6.45, 7) is 14.4. The second kappa shape index (κ2) is 7.88. The molecule has 4 nitrogen and oxygen atoms in total. The van der Waals surface area contributed by atoms with Crippen molar-refractivity contribution in [3.63, 3.8) is 0 Å². The first kappa shape index (κ1) is 18.4. The lowest BCUT2D eigenvalue weighted by atomic mass is 9.87. The topological polar surface area (TPSA) is 26.8 Å². The van der Waals surface area contributed by atoms with Gasteiger partial charge in [-0.15, -0.1) is 0 Å². The first-order chi connectivity index (χ1) is 11.9. The van der Waals surface area contributed by atoms with Crippen LogP contribution in [0.2, 0.25) is 0 Å². The third kappa shape index (κ3) is 5.05. The normalized spacial score (nSPS) is 20.2. The fourth-order valence-electron chi connectivity index (χ4n) is 3.73. The summed E-state index contributed by atoms with van der Waals surface area (Å²) in [7, 11) is 0. The van der Waals surface area contributed by atoms with Crippen LogP contribution in [0.3, 0.4) is 0 Å². The lowest BCUT2D eigenvalue weighted by molar-refractivity contribution is -0.131. The second-order valence-electron chi connectivity index (χ2n) is 8.59. The van der Waals surface area contributed by atoms with Crippen LogP contribution < -0.4 is 0 Å². The Balaban J connectivity index is 1.44. The Labute approximate surface area is 152 Å². The molecule has 0 bridgehead atoms. The van der Waals surface area contributed by atoms with Crippen molar-refractivity contribution in [1.82, 2.24) is 14.7 Å². The molecule has 2 fully saturated rings. The van der Waals surface area contributed by atoms with Crippen molar-refractivity contribution in [2.75, 3.05) is 45.8 Å². The molecule has 1 aromatic rings. The highest BCUT2D eigenvalue weighted by molar-refractivity contribution is 5.78. The van der Waals surface area contributed by atoms with Crippen LogP contribution in [0, 0.1) is 0 Å². The number of likely N-dealkylation sites (tertiary alicyclic amines) is 1. The van der Waals surface area contributed by atoms with Gasteiger partial charge in [0.25, 0.3) is 0 Å². The van der Waals surface area contributed by atoms with E-state index in [4.69, 9.17) is 0 Å². The van der Waals surface area contributed by atoms with Gasteiger partial charge in [0, 0.05) is 45.8 Å². The summed E-state index contributed by atoms with van der Waals surface area (Å²) in [6.07, 6.45) is 2.35. The molecule has 0 spiro atoms. The molecule has 0 aliphatic carbocycles. The maximum atomic E-state index is 12.3.